The molecule has 140 valence electrons. The largest absolute Gasteiger partial charge is 0.486 e. The van der Waals surface area contributed by atoms with E-state index >= 15 is 0 Å². The Morgan fingerprint density at radius 3 is 2.70 bits per heavy atom. The van der Waals surface area contributed by atoms with Crippen LogP contribution >= 0.6 is 0 Å². The van der Waals surface area contributed by atoms with Gasteiger partial charge in [0.2, 0.25) is 5.91 Å². The summed E-state index contributed by atoms with van der Waals surface area (Å²) in [6, 6.07) is 12.9. The fourth-order valence-corrected chi connectivity index (χ4v) is 3.10. The number of nitrogens with zero attached hydrogens (tertiary/aromatic N) is 1. The summed E-state index contributed by atoms with van der Waals surface area (Å²) in [5.41, 5.74) is 1.63. The highest BCUT2D eigenvalue weighted by molar-refractivity contribution is 5.98. The minimum Gasteiger partial charge on any atom is -0.486 e. The lowest BCUT2D eigenvalue weighted by Crippen LogP contribution is -2.41. The zero-order valence-electron chi connectivity index (χ0n) is 14.8. The first-order chi connectivity index (χ1) is 13.2. The highest BCUT2D eigenvalue weighted by Crippen LogP contribution is 2.32. The normalized spacial score (nSPS) is 15.0. The number of carbonyl (C=O) groups excluding carboxylic acids is 2. The number of hydrogen-bond acceptors (Lipinski definition) is 5. The molecule has 0 bridgehead atoms. The maximum absolute atomic E-state index is 12.2. The van der Waals surface area contributed by atoms with Crippen LogP contribution in [0, 0.1) is 0 Å². The minimum atomic E-state index is -0.145. The molecular weight excluding hydrogens is 348 g/mol. The van der Waals surface area contributed by atoms with E-state index in [2.05, 4.69) is 5.32 Å². The second-order valence-electron chi connectivity index (χ2n) is 6.31. The van der Waals surface area contributed by atoms with Crippen molar-refractivity contribution in [2.45, 2.75) is 13.0 Å². The summed E-state index contributed by atoms with van der Waals surface area (Å²) in [7, 11) is 0. The van der Waals surface area contributed by atoms with Crippen LogP contribution in [0.4, 0.5) is 5.69 Å². The number of benzene rings is 2. The number of para-hydroxylation sites is 2. The molecule has 7 nitrogen and oxygen atoms in total. The molecule has 27 heavy (non-hydrogen) atoms. The summed E-state index contributed by atoms with van der Waals surface area (Å²) in [6.45, 7) is 1.77. The lowest BCUT2D eigenvalue weighted by molar-refractivity contribution is -0.122. The topological polar surface area (TPSA) is 77.1 Å². The van der Waals surface area contributed by atoms with Gasteiger partial charge < -0.3 is 24.4 Å². The van der Waals surface area contributed by atoms with Gasteiger partial charge in [-0.15, -0.1) is 0 Å². The average molecular weight is 368 g/mol. The molecule has 0 saturated heterocycles. The van der Waals surface area contributed by atoms with Crippen molar-refractivity contribution >= 4 is 17.5 Å². The number of fused-ring (bicyclic) bond motifs is 2. The minimum absolute atomic E-state index is 0.00414. The Morgan fingerprint density at radius 2 is 1.81 bits per heavy atom. The molecule has 0 aliphatic carbocycles. The van der Waals surface area contributed by atoms with Crippen LogP contribution in [0.2, 0.25) is 0 Å². The molecule has 0 fully saturated rings. The highest BCUT2D eigenvalue weighted by atomic mass is 16.6. The van der Waals surface area contributed by atoms with Crippen molar-refractivity contribution in [3.63, 3.8) is 0 Å². The number of rotatable bonds is 5. The number of amides is 2. The molecule has 2 aliphatic heterocycles. The Bertz CT molecular complexity index is 867. The van der Waals surface area contributed by atoms with Crippen LogP contribution in [-0.2, 0) is 16.1 Å². The summed E-state index contributed by atoms with van der Waals surface area (Å²) >= 11 is 0. The van der Waals surface area contributed by atoms with E-state index in [9.17, 15) is 9.59 Å². The molecule has 1 N–H and O–H groups in total. The van der Waals surface area contributed by atoms with Gasteiger partial charge in [0.05, 0.1) is 5.69 Å². The second kappa shape index (κ2) is 7.57. The Kier molecular flexibility index (Phi) is 4.82. The van der Waals surface area contributed by atoms with Crippen LogP contribution in [0.25, 0.3) is 0 Å². The van der Waals surface area contributed by atoms with Crippen LogP contribution in [0.3, 0.4) is 0 Å². The van der Waals surface area contributed by atoms with Crippen LogP contribution in [0.15, 0.2) is 42.5 Å². The maximum Gasteiger partial charge on any atom is 0.265 e. The van der Waals surface area contributed by atoms with Gasteiger partial charge in [0.25, 0.3) is 5.91 Å². The van der Waals surface area contributed by atoms with Crippen molar-refractivity contribution in [3.8, 4) is 17.2 Å². The molecule has 4 rings (SSSR count). The fraction of sp³-hybridized carbons (Fsp3) is 0.300. The SMILES string of the molecule is O=C(CCN1C(=O)COc2ccccc21)NCc1ccc2c(c1)OCCO2. The van der Waals surface area contributed by atoms with Crippen molar-refractivity contribution in [2.24, 2.45) is 0 Å². The standard InChI is InChI=1S/C20H20N2O5/c23-19(21-12-14-5-6-17-18(11-14)26-10-9-25-17)7-8-22-15-3-1-2-4-16(15)27-13-20(22)24/h1-6,11H,7-10,12-13H2,(H,21,23). The van der Waals surface area contributed by atoms with E-state index < -0.39 is 0 Å². The summed E-state index contributed by atoms with van der Waals surface area (Å²) in [5.74, 6) is 1.81. The Hall–Kier alpha value is -3.22. The van der Waals surface area contributed by atoms with Gasteiger partial charge in [-0.1, -0.05) is 18.2 Å². The third-order valence-electron chi connectivity index (χ3n) is 4.47. The number of carbonyl (C=O) groups is 2. The van der Waals surface area contributed by atoms with Crippen LogP contribution in [0.1, 0.15) is 12.0 Å². The summed E-state index contributed by atoms with van der Waals surface area (Å²) in [6.07, 6.45) is 0.213. The predicted molar refractivity (Wildman–Crippen MR) is 98.2 cm³/mol. The predicted octanol–water partition coefficient (Wildman–Crippen LogP) is 1.89. The van der Waals surface area contributed by atoms with Gasteiger partial charge >= 0.3 is 0 Å². The Morgan fingerprint density at radius 1 is 1.00 bits per heavy atom. The molecular formula is C20H20N2O5. The fourth-order valence-electron chi connectivity index (χ4n) is 3.10. The smallest absolute Gasteiger partial charge is 0.265 e. The van der Waals surface area contributed by atoms with Crippen molar-refractivity contribution < 1.29 is 23.8 Å². The summed E-state index contributed by atoms with van der Waals surface area (Å²) in [4.78, 5) is 26.0. The van der Waals surface area contributed by atoms with Gasteiger partial charge in [0.15, 0.2) is 18.1 Å². The molecule has 2 aromatic carbocycles. The zero-order valence-corrected chi connectivity index (χ0v) is 14.8. The molecule has 0 radical (unpaired) electrons. The molecule has 2 aromatic rings. The summed E-state index contributed by atoms with van der Waals surface area (Å²) in [5, 5.41) is 2.88. The Balaban J connectivity index is 1.32. The third-order valence-corrected chi connectivity index (χ3v) is 4.47. The molecule has 0 spiro atoms. The van der Waals surface area contributed by atoms with Crippen LogP contribution in [0.5, 0.6) is 17.2 Å². The molecule has 7 heteroatoms. The van der Waals surface area contributed by atoms with Gasteiger partial charge in [0, 0.05) is 19.5 Å². The van der Waals surface area contributed by atoms with Gasteiger partial charge in [-0.2, -0.15) is 0 Å². The number of ether oxygens (including phenoxy) is 3. The van der Waals surface area contributed by atoms with Crippen LogP contribution < -0.4 is 24.4 Å². The van der Waals surface area contributed by atoms with Gasteiger partial charge in [0.1, 0.15) is 19.0 Å². The van der Waals surface area contributed by atoms with E-state index in [1.165, 1.54) is 0 Å². The lowest BCUT2D eigenvalue weighted by Gasteiger charge is -2.29. The van der Waals surface area contributed by atoms with Crippen LogP contribution in [-0.4, -0.2) is 38.2 Å². The van der Waals surface area contributed by atoms with E-state index in [1.54, 1.807) is 4.90 Å². The molecule has 2 amide bonds. The first-order valence-electron chi connectivity index (χ1n) is 8.88. The highest BCUT2D eigenvalue weighted by Gasteiger charge is 2.25. The quantitative estimate of drug-likeness (QED) is 0.872. The maximum atomic E-state index is 12.2. The molecule has 0 aromatic heterocycles. The molecule has 0 atom stereocenters. The first-order valence-corrected chi connectivity index (χ1v) is 8.88. The van der Waals surface area contributed by atoms with E-state index in [4.69, 9.17) is 14.2 Å². The lowest BCUT2D eigenvalue weighted by atomic mass is 10.2. The number of anilines is 1. The Labute approximate surface area is 156 Å². The van der Waals surface area contributed by atoms with E-state index in [1.807, 2.05) is 42.5 Å². The molecule has 2 aliphatic rings. The number of hydrogen-bond donors (Lipinski definition) is 1. The van der Waals surface area contributed by atoms with Gasteiger partial charge in [-0.25, -0.2) is 0 Å². The van der Waals surface area contributed by atoms with Crippen molar-refractivity contribution in [3.05, 3.63) is 48.0 Å². The zero-order chi connectivity index (χ0) is 18.6. The van der Waals surface area contributed by atoms with Crippen molar-refractivity contribution in [1.29, 1.82) is 0 Å². The monoisotopic (exact) mass is 368 g/mol. The second-order valence-corrected chi connectivity index (χ2v) is 6.31. The molecule has 0 saturated carbocycles. The van der Waals surface area contributed by atoms with E-state index in [0.717, 1.165) is 11.3 Å². The van der Waals surface area contributed by atoms with Crippen molar-refractivity contribution in [2.75, 3.05) is 31.3 Å². The van der Waals surface area contributed by atoms with Gasteiger partial charge in [-0.05, 0) is 29.8 Å². The average Bonchev–Trinajstić information content (AvgIpc) is 2.71. The molecule has 0 unspecified atom stereocenters. The first kappa shape index (κ1) is 17.2. The van der Waals surface area contributed by atoms with Crippen molar-refractivity contribution in [1.82, 2.24) is 5.32 Å². The third kappa shape index (κ3) is 3.81. The van der Waals surface area contributed by atoms with E-state index in [0.29, 0.717) is 43.5 Å². The number of nitrogens with one attached hydrogen (secondary N) is 1. The van der Waals surface area contributed by atoms with Gasteiger partial charge in [-0.3, -0.25) is 9.59 Å². The summed E-state index contributed by atoms with van der Waals surface area (Å²) < 4.78 is 16.4. The molecule has 2 heterocycles. The van der Waals surface area contributed by atoms with E-state index in [-0.39, 0.29) is 24.8 Å².